The van der Waals surface area contributed by atoms with E-state index in [0.717, 1.165) is 33.5 Å². The highest BCUT2D eigenvalue weighted by atomic mass is 79.9. The van der Waals surface area contributed by atoms with E-state index in [2.05, 4.69) is 59.4 Å². The molecule has 0 saturated carbocycles. The number of hydrogen-bond donors (Lipinski definition) is 2. The van der Waals surface area contributed by atoms with Gasteiger partial charge in [-0.1, -0.05) is 137 Å². The number of furan rings is 2. The van der Waals surface area contributed by atoms with Gasteiger partial charge in [-0.2, -0.15) is 0 Å². The van der Waals surface area contributed by atoms with Crippen molar-refractivity contribution in [3.8, 4) is 44.9 Å². The smallest absolute Gasteiger partial charge is 0.342 e. The van der Waals surface area contributed by atoms with Crippen LogP contribution in [0.15, 0.2) is 203 Å². The van der Waals surface area contributed by atoms with Crippen molar-refractivity contribution >= 4 is 61.2 Å². The topological polar surface area (TPSA) is 117 Å². The maximum absolute atomic E-state index is 13.6. The molecule has 8 aromatic carbocycles. The minimum atomic E-state index is -0.496. The molecule has 8 nitrogen and oxygen atoms in total. The average molecular weight is 1040 g/mol. The first-order chi connectivity index (χ1) is 35.4. The lowest BCUT2D eigenvalue weighted by molar-refractivity contribution is 0.0519. The van der Waals surface area contributed by atoms with Gasteiger partial charge in [-0.05, 0) is 111 Å². The van der Waals surface area contributed by atoms with Gasteiger partial charge in [0, 0.05) is 67.4 Å². The van der Waals surface area contributed by atoms with E-state index < -0.39 is 11.9 Å². The Bertz CT molecular complexity index is 3440. The summed E-state index contributed by atoms with van der Waals surface area (Å²) in [5, 5.41) is 4.87. The van der Waals surface area contributed by atoms with Crippen molar-refractivity contribution in [3.05, 3.63) is 228 Å². The summed E-state index contributed by atoms with van der Waals surface area (Å²) in [7, 11) is 0. The molecule has 0 spiro atoms. The second kappa shape index (κ2) is 23.8. The van der Waals surface area contributed by atoms with Crippen LogP contribution in [0, 0.1) is 11.6 Å². The van der Waals surface area contributed by atoms with E-state index in [1.165, 1.54) is 29.8 Å². The van der Waals surface area contributed by atoms with Gasteiger partial charge < -0.3 is 29.4 Å². The monoisotopic (exact) mass is 1040 g/mol. The van der Waals surface area contributed by atoms with E-state index in [-0.39, 0.29) is 30.9 Å². The highest BCUT2D eigenvalue weighted by molar-refractivity contribution is 9.09. The minimum Gasteiger partial charge on any atom is -0.462 e. The number of halogens is 3. The Balaban J connectivity index is 0.000000170. The largest absolute Gasteiger partial charge is 0.462 e. The molecule has 0 amide bonds. The van der Waals surface area contributed by atoms with Crippen LogP contribution in [0.3, 0.4) is 0 Å². The molecule has 2 heterocycles. The fraction of sp³-hybridized carbons (Fsp3) is 0.129. The number of nitrogens with two attached hydrogens (primary N) is 1. The lowest BCUT2D eigenvalue weighted by Crippen LogP contribution is -2.08. The van der Waals surface area contributed by atoms with Crippen LogP contribution in [0.25, 0.3) is 66.8 Å². The Kier molecular flexibility index (Phi) is 16.6. The fourth-order valence-corrected chi connectivity index (χ4v) is 8.65. The molecule has 0 aliphatic rings. The Hall–Kier alpha value is -8.28. The number of nitrogen functional groups attached to an aromatic ring is 1. The SMILES string of the molecule is CC(Br)c1ccccc1.CCOC(=O)c1c(-c2ccc(F)cc2)oc2cc(N)c(-c3ccccc3)cc12.CCOC(=O)c1c(-c2ccc(F)cc2)oc2cc(NC(C)c3ccccc3)c(-c3ccccc3)cc12. The van der Waals surface area contributed by atoms with Gasteiger partial charge in [0.2, 0.25) is 0 Å². The Morgan fingerprint density at radius 3 is 1.36 bits per heavy atom. The number of esters is 2. The first-order valence-electron chi connectivity index (χ1n) is 23.9. The van der Waals surface area contributed by atoms with Crippen LogP contribution in [0.1, 0.15) is 70.4 Å². The second-order valence-corrected chi connectivity index (χ2v) is 18.3. The van der Waals surface area contributed by atoms with Crippen molar-refractivity contribution in [2.45, 2.75) is 38.6 Å². The predicted octanol–water partition coefficient (Wildman–Crippen LogP) is 17.1. The number of fused-ring (bicyclic) bond motifs is 2. The summed E-state index contributed by atoms with van der Waals surface area (Å²) in [5.41, 5.74) is 16.6. The van der Waals surface area contributed by atoms with Gasteiger partial charge >= 0.3 is 11.9 Å². The quantitative estimate of drug-likeness (QED) is 0.0706. The van der Waals surface area contributed by atoms with E-state index in [4.69, 9.17) is 24.0 Å². The zero-order valence-electron chi connectivity index (χ0n) is 40.7. The number of carbonyl (C=O) groups excluding carboxylic acids is 2. The molecular weight excluding hydrogens is 987 g/mol. The Morgan fingerprint density at radius 1 is 0.534 bits per heavy atom. The van der Waals surface area contributed by atoms with Gasteiger partial charge in [-0.15, -0.1) is 0 Å². The molecule has 10 aromatic rings. The van der Waals surface area contributed by atoms with Crippen LogP contribution >= 0.6 is 15.9 Å². The molecule has 2 aromatic heterocycles. The van der Waals surface area contributed by atoms with Crippen LogP contribution in [0.5, 0.6) is 0 Å². The third-order valence-corrected chi connectivity index (χ3v) is 12.5. The molecule has 2 atom stereocenters. The van der Waals surface area contributed by atoms with Crippen LogP contribution in [0.2, 0.25) is 0 Å². The van der Waals surface area contributed by atoms with E-state index in [1.807, 2.05) is 115 Å². The summed E-state index contributed by atoms with van der Waals surface area (Å²) >= 11 is 3.48. The highest BCUT2D eigenvalue weighted by Crippen LogP contribution is 2.42. The maximum Gasteiger partial charge on any atom is 0.342 e. The normalized spacial score (nSPS) is 11.7. The van der Waals surface area contributed by atoms with E-state index >= 15 is 0 Å². The maximum atomic E-state index is 13.6. The molecule has 0 fully saturated rings. The number of alkyl halides is 1. The molecule has 11 heteroatoms. The van der Waals surface area contributed by atoms with Crippen LogP contribution in [0.4, 0.5) is 20.2 Å². The van der Waals surface area contributed by atoms with Crippen molar-refractivity contribution in [2.24, 2.45) is 0 Å². The Morgan fingerprint density at radius 2 is 0.932 bits per heavy atom. The zero-order valence-corrected chi connectivity index (χ0v) is 42.3. The second-order valence-electron chi connectivity index (χ2n) is 16.9. The molecule has 0 aliphatic heterocycles. The molecule has 10 rings (SSSR count). The molecule has 3 N–H and O–H groups in total. The standard InChI is InChI=1S/C31H26FNO3.C23H18FNO3.C8H9Br/c1-3-35-31(34)29-26-18-25(22-12-8-5-9-13-22)27(33-20(2)21-10-6-4-7-11-21)19-28(26)36-30(29)23-14-16-24(32)17-15-23;1-2-27-23(26)21-18-12-17(14-6-4-3-5-7-14)19(25)13-20(18)28-22(21)15-8-10-16(24)11-9-15;1-7(9)8-5-3-2-4-6-8/h4-20,33H,3H2,1-2H3;3-13H,2,25H2,1H3;2-7H,1H3. The molecule has 2 unspecified atom stereocenters. The van der Waals surface area contributed by atoms with Gasteiger partial charge in [0.25, 0.3) is 0 Å². The number of carbonyl (C=O) groups is 2. The number of ether oxygens (including phenoxy) is 2. The van der Waals surface area contributed by atoms with Crippen molar-refractivity contribution in [1.29, 1.82) is 0 Å². The number of rotatable bonds is 12. The van der Waals surface area contributed by atoms with E-state index in [0.29, 0.717) is 66.2 Å². The summed E-state index contributed by atoms with van der Waals surface area (Å²) in [6.07, 6.45) is 0. The molecule has 0 aliphatic carbocycles. The summed E-state index contributed by atoms with van der Waals surface area (Å²) in [6, 6.07) is 59.3. The minimum absolute atomic E-state index is 0.0298. The third kappa shape index (κ3) is 12.1. The summed E-state index contributed by atoms with van der Waals surface area (Å²) in [4.78, 5) is 26.3. The van der Waals surface area contributed by atoms with Gasteiger partial charge in [-0.3, -0.25) is 0 Å². The van der Waals surface area contributed by atoms with Gasteiger partial charge in [0.15, 0.2) is 0 Å². The molecule has 0 radical (unpaired) electrons. The molecular formula is C62H53BrF2N2O6. The first kappa shape index (κ1) is 51.1. The van der Waals surface area contributed by atoms with E-state index in [9.17, 15) is 18.4 Å². The van der Waals surface area contributed by atoms with Crippen molar-refractivity contribution in [2.75, 3.05) is 24.3 Å². The van der Waals surface area contributed by atoms with Crippen molar-refractivity contribution in [3.63, 3.8) is 0 Å². The first-order valence-corrected chi connectivity index (χ1v) is 24.8. The number of anilines is 2. The lowest BCUT2D eigenvalue weighted by atomic mass is 9.98. The van der Waals surface area contributed by atoms with Gasteiger partial charge in [-0.25, -0.2) is 18.4 Å². The predicted molar refractivity (Wildman–Crippen MR) is 293 cm³/mol. The van der Waals surface area contributed by atoms with Crippen LogP contribution < -0.4 is 11.1 Å². The molecule has 73 heavy (non-hydrogen) atoms. The molecule has 0 saturated heterocycles. The number of hydrogen-bond acceptors (Lipinski definition) is 8. The summed E-state index contributed by atoms with van der Waals surface area (Å²) in [5.74, 6) is -1.01. The summed E-state index contributed by atoms with van der Waals surface area (Å²) < 4.78 is 49.8. The third-order valence-electron chi connectivity index (χ3n) is 12.0. The van der Waals surface area contributed by atoms with Crippen LogP contribution in [-0.4, -0.2) is 25.2 Å². The Labute approximate surface area is 431 Å². The fourth-order valence-electron chi connectivity index (χ4n) is 8.34. The number of benzene rings is 8. The van der Waals surface area contributed by atoms with Crippen molar-refractivity contribution in [1.82, 2.24) is 0 Å². The highest BCUT2D eigenvalue weighted by Gasteiger charge is 2.27. The van der Waals surface area contributed by atoms with E-state index in [1.54, 1.807) is 44.2 Å². The molecule has 0 bridgehead atoms. The van der Waals surface area contributed by atoms with Crippen molar-refractivity contribution < 1.29 is 36.7 Å². The van der Waals surface area contributed by atoms with Crippen LogP contribution in [-0.2, 0) is 9.47 Å². The number of nitrogens with one attached hydrogen (secondary N) is 1. The molecule has 368 valence electrons. The average Bonchev–Trinajstić information content (AvgIpc) is 3.98. The van der Waals surface area contributed by atoms with Gasteiger partial charge in [0.1, 0.15) is 45.4 Å². The lowest BCUT2D eigenvalue weighted by Gasteiger charge is -2.19. The zero-order chi connectivity index (χ0) is 51.4. The summed E-state index contributed by atoms with van der Waals surface area (Å²) in [6.45, 7) is 8.19. The van der Waals surface area contributed by atoms with Gasteiger partial charge in [0.05, 0.1) is 13.2 Å².